The Morgan fingerprint density at radius 2 is 2.31 bits per heavy atom. The molecule has 0 aliphatic carbocycles. The fourth-order valence-corrected chi connectivity index (χ4v) is 1.59. The standard InChI is InChI=1S/C7H3BrN2O2S/c8-5-1-2-7(13-4-9)6(3-5)10(11)12/h1-3H. The van der Waals surface area contributed by atoms with Crippen LogP contribution in [0.15, 0.2) is 27.6 Å². The third-order valence-corrected chi connectivity index (χ3v) is 2.42. The monoisotopic (exact) mass is 258 g/mol. The van der Waals surface area contributed by atoms with Crippen LogP contribution in [0.1, 0.15) is 0 Å². The zero-order chi connectivity index (χ0) is 9.84. The second-order valence-electron chi connectivity index (χ2n) is 2.06. The number of nitriles is 1. The molecule has 0 spiro atoms. The summed E-state index contributed by atoms with van der Waals surface area (Å²) in [5.41, 5.74) is -0.0547. The Hall–Kier alpha value is -1.06. The second kappa shape index (κ2) is 4.25. The van der Waals surface area contributed by atoms with E-state index in [-0.39, 0.29) is 5.69 Å². The number of benzene rings is 1. The minimum atomic E-state index is -0.509. The van der Waals surface area contributed by atoms with Gasteiger partial charge in [0.05, 0.1) is 4.92 Å². The van der Waals surface area contributed by atoms with E-state index in [0.29, 0.717) is 9.37 Å². The van der Waals surface area contributed by atoms with Gasteiger partial charge < -0.3 is 0 Å². The number of rotatable bonds is 2. The highest BCUT2D eigenvalue weighted by atomic mass is 79.9. The third-order valence-electron chi connectivity index (χ3n) is 1.27. The van der Waals surface area contributed by atoms with Crippen molar-refractivity contribution in [2.24, 2.45) is 0 Å². The number of nitro benzene ring substituents is 1. The maximum atomic E-state index is 10.5. The highest BCUT2D eigenvalue weighted by Crippen LogP contribution is 2.30. The molecule has 0 aromatic heterocycles. The Bertz CT molecular complexity index is 389. The van der Waals surface area contributed by atoms with Gasteiger partial charge in [-0.2, -0.15) is 5.26 Å². The molecule has 0 heterocycles. The van der Waals surface area contributed by atoms with Gasteiger partial charge in [0.1, 0.15) is 10.3 Å². The first-order chi connectivity index (χ1) is 6.15. The van der Waals surface area contributed by atoms with Crippen LogP contribution >= 0.6 is 27.7 Å². The molecular weight excluding hydrogens is 256 g/mol. The lowest BCUT2D eigenvalue weighted by Gasteiger charge is -1.97. The molecule has 0 unspecified atom stereocenters. The minimum absolute atomic E-state index is 0.0547. The Kier molecular flexibility index (Phi) is 3.28. The van der Waals surface area contributed by atoms with Crippen molar-refractivity contribution in [2.45, 2.75) is 4.90 Å². The fourth-order valence-electron chi connectivity index (χ4n) is 0.769. The van der Waals surface area contributed by atoms with Gasteiger partial charge in [-0.1, -0.05) is 15.9 Å². The number of nitro groups is 1. The Morgan fingerprint density at radius 1 is 1.62 bits per heavy atom. The van der Waals surface area contributed by atoms with Gasteiger partial charge in [0, 0.05) is 10.5 Å². The minimum Gasteiger partial charge on any atom is -0.258 e. The molecule has 0 bridgehead atoms. The number of thiocyanates is 1. The van der Waals surface area contributed by atoms with Gasteiger partial charge in [0.15, 0.2) is 0 Å². The van der Waals surface area contributed by atoms with Gasteiger partial charge in [0.25, 0.3) is 5.69 Å². The molecular formula is C7H3BrN2O2S. The first-order valence-electron chi connectivity index (χ1n) is 3.15. The summed E-state index contributed by atoms with van der Waals surface area (Å²) in [5.74, 6) is 0. The molecule has 0 aliphatic rings. The molecule has 0 fully saturated rings. The number of hydrogen-bond donors (Lipinski definition) is 0. The van der Waals surface area contributed by atoms with Crippen molar-refractivity contribution in [3.63, 3.8) is 0 Å². The van der Waals surface area contributed by atoms with Crippen LogP contribution in [0.4, 0.5) is 5.69 Å². The average Bonchev–Trinajstić information content (AvgIpc) is 2.08. The van der Waals surface area contributed by atoms with Crippen LogP contribution in [0.2, 0.25) is 0 Å². The van der Waals surface area contributed by atoms with E-state index in [1.54, 1.807) is 11.5 Å². The van der Waals surface area contributed by atoms with Crippen LogP contribution in [0.5, 0.6) is 0 Å². The van der Waals surface area contributed by atoms with Gasteiger partial charge in [-0.3, -0.25) is 10.1 Å². The van der Waals surface area contributed by atoms with Gasteiger partial charge >= 0.3 is 0 Å². The smallest absolute Gasteiger partial charge is 0.258 e. The first kappa shape index (κ1) is 10.0. The maximum absolute atomic E-state index is 10.5. The lowest BCUT2D eigenvalue weighted by atomic mass is 10.3. The normalized spacial score (nSPS) is 9.23. The molecule has 6 heteroatoms. The summed E-state index contributed by atoms with van der Waals surface area (Å²) in [6.45, 7) is 0. The van der Waals surface area contributed by atoms with Crippen molar-refractivity contribution in [3.8, 4) is 5.40 Å². The summed E-state index contributed by atoms with van der Waals surface area (Å²) in [7, 11) is 0. The number of nitrogens with zero attached hydrogens (tertiary/aromatic N) is 2. The Balaban J connectivity index is 3.20. The van der Waals surface area contributed by atoms with Crippen LogP contribution in [0.3, 0.4) is 0 Å². The van der Waals surface area contributed by atoms with E-state index in [9.17, 15) is 10.1 Å². The van der Waals surface area contributed by atoms with E-state index < -0.39 is 4.92 Å². The van der Waals surface area contributed by atoms with Gasteiger partial charge in [-0.15, -0.1) is 0 Å². The van der Waals surface area contributed by atoms with Crippen LogP contribution in [-0.2, 0) is 0 Å². The molecule has 1 aromatic carbocycles. The quantitative estimate of drug-likeness (QED) is 0.354. The predicted octanol–water partition coefficient (Wildman–Crippen LogP) is 2.93. The predicted molar refractivity (Wildman–Crippen MR) is 52.3 cm³/mol. The van der Waals surface area contributed by atoms with E-state index in [4.69, 9.17) is 5.26 Å². The molecule has 0 amide bonds. The Morgan fingerprint density at radius 3 is 2.85 bits per heavy atom. The van der Waals surface area contributed by atoms with Crippen molar-refractivity contribution in [3.05, 3.63) is 32.8 Å². The van der Waals surface area contributed by atoms with E-state index >= 15 is 0 Å². The van der Waals surface area contributed by atoms with Gasteiger partial charge in [-0.25, -0.2) is 0 Å². The van der Waals surface area contributed by atoms with Crippen molar-refractivity contribution in [1.29, 1.82) is 5.26 Å². The van der Waals surface area contributed by atoms with Crippen molar-refractivity contribution in [2.75, 3.05) is 0 Å². The fraction of sp³-hybridized carbons (Fsp3) is 0. The van der Waals surface area contributed by atoms with E-state index in [1.807, 2.05) is 0 Å². The molecule has 0 saturated carbocycles. The lowest BCUT2D eigenvalue weighted by molar-refractivity contribution is -0.387. The Labute approximate surface area is 86.8 Å². The summed E-state index contributed by atoms with van der Waals surface area (Å²) < 4.78 is 0.626. The molecule has 0 atom stereocenters. The maximum Gasteiger partial charge on any atom is 0.285 e. The molecule has 1 aromatic rings. The average molecular weight is 259 g/mol. The van der Waals surface area contributed by atoms with Crippen molar-refractivity contribution < 1.29 is 4.92 Å². The highest BCUT2D eigenvalue weighted by Gasteiger charge is 2.13. The SMILES string of the molecule is N#CSc1ccc(Br)cc1[N+](=O)[O-]. The zero-order valence-corrected chi connectivity index (χ0v) is 8.63. The number of hydrogen-bond acceptors (Lipinski definition) is 4. The molecule has 0 N–H and O–H groups in total. The van der Waals surface area contributed by atoms with E-state index in [0.717, 1.165) is 11.8 Å². The van der Waals surface area contributed by atoms with E-state index in [2.05, 4.69) is 15.9 Å². The van der Waals surface area contributed by atoms with Gasteiger partial charge in [0.2, 0.25) is 0 Å². The topological polar surface area (TPSA) is 66.9 Å². The van der Waals surface area contributed by atoms with Crippen molar-refractivity contribution in [1.82, 2.24) is 0 Å². The van der Waals surface area contributed by atoms with Crippen LogP contribution < -0.4 is 0 Å². The highest BCUT2D eigenvalue weighted by molar-refractivity contribution is 9.10. The largest absolute Gasteiger partial charge is 0.285 e. The molecule has 0 radical (unpaired) electrons. The zero-order valence-electron chi connectivity index (χ0n) is 6.23. The number of halogens is 1. The lowest BCUT2D eigenvalue weighted by Crippen LogP contribution is -1.89. The molecule has 66 valence electrons. The van der Waals surface area contributed by atoms with E-state index in [1.165, 1.54) is 12.1 Å². The number of thioether (sulfide) groups is 1. The van der Waals surface area contributed by atoms with Crippen LogP contribution in [0.25, 0.3) is 0 Å². The summed E-state index contributed by atoms with van der Waals surface area (Å²) in [6.07, 6.45) is 0. The third kappa shape index (κ3) is 2.44. The molecule has 0 saturated heterocycles. The summed E-state index contributed by atoms with van der Waals surface area (Å²) in [5, 5.41) is 20.7. The summed E-state index contributed by atoms with van der Waals surface area (Å²) >= 11 is 3.90. The molecule has 13 heavy (non-hydrogen) atoms. The van der Waals surface area contributed by atoms with Crippen LogP contribution in [-0.4, -0.2) is 4.92 Å². The van der Waals surface area contributed by atoms with Gasteiger partial charge in [-0.05, 0) is 23.9 Å². The molecule has 1 rings (SSSR count). The van der Waals surface area contributed by atoms with Crippen molar-refractivity contribution >= 4 is 33.4 Å². The first-order valence-corrected chi connectivity index (χ1v) is 4.76. The summed E-state index contributed by atoms with van der Waals surface area (Å²) in [6, 6.07) is 4.57. The molecule has 4 nitrogen and oxygen atoms in total. The summed E-state index contributed by atoms with van der Waals surface area (Å²) in [4.78, 5) is 10.4. The second-order valence-corrected chi connectivity index (χ2v) is 3.80. The van der Waals surface area contributed by atoms with Crippen LogP contribution in [0, 0.1) is 20.8 Å². The molecule has 0 aliphatic heterocycles.